The Bertz CT molecular complexity index is 783. The van der Waals surface area contributed by atoms with Gasteiger partial charge in [-0.2, -0.15) is 0 Å². The molecule has 0 radical (unpaired) electrons. The molecular formula is C20H18O4. The van der Waals surface area contributed by atoms with Crippen molar-refractivity contribution in [3.63, 3.8) is 0 Å². The van der Waals surface area contributed by atoms with Gasteiger partial charge in [-0.3, -0.25) is 9.59 Å². The maximum absolute atomic E-state index is 11.5. The molecule has 0 aliphatic heterocycles. The van der Waals surface area contributed by atoms with Crippen molar-refractivity contribution in [2.75, 3.05) is 0 Å². The molecule has 0 aromatic heterocycles. The fraction of sp³-hybridized carbons (Fsp3) is 0.300. The second kappa shape index (κ2) is 5.48. The monoisotopic (exact) mass is 322 g/mol. The molecule has 3 aliphatic rings. The Labute approximate surface area is 140 Å². The zero-order valence-corrected chi connectivity index (χ0v) is 13.7. The van der Waals surface area contributed by atoms with Crippen molar-refractivity contribution in [1.29, 1.82) is 0 Å². The summed E-state index contributed by atoms with van der Waals surface area (Å²) < 4.78 is 10.9. The molecule has 0 heterocycles. The summed E-state index contributed by atoms with van der Waals surface area (Å²) in [5.41, 5.74) is 4.57. The van der Waals surface area contributed by atoms with Crippen LogP contribution in [0.15, 0.2) is 36.4 Å². The first-order valence-electron chi connectivity index (χ1n) is 8.18. The molecule has 0 saturated heterocycles. The van der Waals surface area contributed by atoms with Gasteiger partial charge in [0.05, 0.1) is 0 Å². The number of carbonyl (C=O) groups is 2. The number of rotatable bonds is 2. The summed E-state index contributed by atoms with van der Waals surface area (Å²) in [4.78, 5) is 23.0. The molecule has 0 N–H and O–H groups in total. The number of hydrogen-bond donors (Lipinski definition) is 0. The summed E-state index contributed by atoms with van der Waals surface area (Å²) in [5.74, 6) is 0.826. The fourth-order valence-electron chi connectivity index (χ4n) is 4.19. The third-order valence-corrected chi connectivity index (χ3v) is 4.90. The molecular weight excluding hydrogens is 304 g/mol. The van der Waals surface area contributed by atoms with Gasteiger partial charge in [0.2, 0.25) is 0 Å². The Kier molecular flexibility index (Phi) is 3.41. The Morgan fingerprint density at radius 3 is 1.58 bits per heavy atom. The smallest absolute Gasteiger partial charge is 0.308 e. The summed E-state index contributed by atoms with van der Waals surface area (Å²) >= 11 is 0. The van der Waals surface area contributed by atoms with E-state index < -0.39 is 0 Å². The first-order valence-corrected chi connectivity index (χ1v) is 8.18. The number of hydrogen-bond acceptors (Lipinski definition) is 4. The van der Waals surface area contributed by atoms with E-state index in [2.05, 4.69) is 12.1 Å². The van der Waals surface area contributed by atoms with Gasteiger partial charge in [-0.25, -0.2) is 0 Å². The minimum atomic E-state index is -0.341. The first kappa shape index (κ1) is 14.9. The highest BCUT2D eigenvalue weighted by Crippen LogP contribution is 2.57. The summed E-state index contributed by atoms with van der Waals surface area (Å²) in [6.45, 7) is 2.81. The van der Waals surface area contributed by atoms with E-state index in [0.29, 0.717) is 11.5 Å². The number of benzene rings is 2. The summed E-state index contributed by atoms with van der Waals surface area (Å²) in [6, 6.07) is 11.8. The number of esters is 2. The number of carbonyl (C=O) groups excluding carboxylic acids is 2. The lowest BCUT2D eigenvalue weighted by molar-refractivity contribution is -0.133. The maximum atomic E-state index is 11.5. The molecule has 0 saturated carbocycles. The van der Waals surface area contributed by atoms with Crippen LogP contribution < -0.4 is 9.47 Å². The molecule has 2 atom stereocenters. The van der Waals surface area contributed by atoms with Crippen LogP contribution in [0.3, 0.4) is 0 Å². The van der Waals surface area contributed by atoms with Gasteiger partial charge in [-0.15, -0.1) is 0 Å². The lowest BCUT2D eigenvalue weighted by atomic mass is 9.63. The molecule has 3 aliphatic carbocycles. The van der Waals surface area contributed by atoms with E-state index in [1.54, 1.807) is 12.1 Å². The molecule has 5 rings (SSSR count). The van der Waals surface area contributed by atoms with Crippen molar-refractivity contribution < 1.29 is 19.1 Å². The Hall–Kier alpha value is -2.62. The van der Waals surface area contributed by atoms with E-state index >= 15 is 0 Å². The van der Waals surface area contributed by atoms with Gasteiger partial charge in [0.1, 0.15) is 11.5 Å². The minimum absolute atomic E-state index is 0.172. The highest BCUT2D eigenvalue weighted by Gasteiger charge is 2.41. The number of fused-ring (bicyclic) bond motifs is 1. The molecule has 2 bridgehead atoms. The largest absolute Gasteiger partial charge is 0.426 e. The molecule has 0 amide bonds. The summed E-state index contributed by atoms with van der Waals surface area (Å²) in [5, 5.41) is 0. The Balaban J connectivity index is 1.95. The molecule has 24 heavy (non-hydrogen) atoms. The predicted molar refractivity (Wildman–Crippen MR) is 88.4 cm³/mol. The first-order chi connectivity index (χ1) is 11.6. The van der Waals surface area contributed by atoms with Gasteiger partial charge >= 0.3 is 11.9 Å². The van der Waals surface area contributed by atoms with Crippen LogP contribution in [-0.4, -0.2) is 11.9 Å². The van der Waals surface area contributed by atoms with Crippen molar-refractivity contribution in [1.82, 2.24) is 0 Å². The minimum Gasteiger partial charge on any atom is -0.426 e. The molecule has 2 aromatic rings. The lowest BCUT2D eigenvalue weighted by Gasteiger charge is -2.41. The number of ether oxygens (including phenoxy) is 2. The summed E-state index contributed by atoms with van der Waals surface area (Å²) in [7, 11) is 0. The predicted octanol–water partition coefficient (Wildman–Crippen LogP) is 3.91. The molecule has 0 spiro atoms. The van der Waals surface area contributed by atoms with Crippen molar-refractivity contribution in [3.05, 3.63) is 58.7 Å². The second-order valence-electron chi connectivity index (χ2n) is 6.39. The van der Waals surface area contributed by atoms with E-state index in [9.17, 15) is 9.59 Å². The maximum Gasteiger partial charge on any atom is 0.308 e. The molecule has 2 unspecified atom stereocenters. The quantitative estimate of drug-likeness (QED) is 0.621. The molecule has 4 nitrogen and oxygen atoms in total. The Morgan fingerprint density at radius 1 is 0.792 bits per heavy atom. The van der Waals surface area contributed by atoms with Crippen LogP contribution >= 0.6 is 0 Å². The third kappa shape index (κ3) is 2.21. The van der Waals surface area contributed by atoms with Gasteiger partial charge in [0, 0.05) is 36.8 Å². The van der Waals surface area contributed by atoms with Gasteiger partial charge in [0.15, 0.2) is 0 Å². The van der Waals surface area contributed by atoms with Crippen LogP contribution in [0.5, 0.6) is 11.5 Å². The lowest BCUT2D eigenvalue weighted by Crippen LogP contribution is -2.26. The van der Waals surface area contributed by atoms with E-state index in [-0.39, 0.29) is 23.8 Å². The van der Waals surface area contributed by atoms with E-state index in [1.165, 1.54) is 25.0 Å². The van der Waals surface area contributed by atoms with Gasteiger partial charge in [-0.05, 0) is 36.1 Å². The highest BCUT2D eigenvalue weighted by molar-refractivity contribution is 5.75. The van der Waals surface area contributed by atoms with E-state index in [0.717, 1.165) is 24.0 Å². The van der Waals surface area contributed by atoms with E-state index in [4.69, 9.17) is 9.47 Å². The van der Waals surface area contributed by atoms with Crippen LogP contribution in [0.1, 0.15) is 60.8 Å². The topological polar surface area (TPSA) is 52.6 Å². The second-order valence-corrected chi connectivity index (χ2v) is 6.39. The summed E-state index contributed by atoms with van der Waals surface area (Å²) in [6.07, 6.45) is 2.01. The van der Waals surface area contributed by atoms with Gasteiger partial charge in [-0.1, -0.05) is 24.3 Å². The zero-order valence-electron chi connectivity index (χ0n) is 13.7. The van der Waals surface area contributed by atoms with Gasteiger partial charge in [0.25, 0.3) is 0 Å². The molecule has 4 heteroatoms. The average molecular weight is 322 g/mol. The molecule has 2 aromatic carbocycles. The van der Waals surface area contributed by atoms with Crippen molar-refractivity contribution >= 4 is 11.9 Å². The van der Waals surface area contributed by atoms with Crippen LogP contribution in [0.25, 0.3) is 0 Å². The fourth-order valence-corrected chi connectivity index (χ4v) is 4.19. The molecule has 122 valence electrons. The standard InChI is InChI=1S/C20H18O4/c1-11(21)23-17-9-10-18(24-12(2)22)20-16-8-7-15(19(17)20)13-5-3-4-6-14(13)16/h3-6,9-10,15-16H,7-8H2,1-2H3. The highest BCUT2D eigenvalue weighted by atomic mass is 16.5. The van der Waals surface area contributed by atoms with Crippen molar-refractivity contribution in [2.24, 2.45) is 0 Å². The van der Waals surface area contributed by atoms with Gasteiger partial charge < -0.3 is 9.47 Å². The van der Waals surface area contributed by atoms with E-state index in [1.807, 2.05) is 12.1 Å². The SMILES string of the molecule is CC(=O)Oc1ccc(OC(C)=O)c2c1C1CCC2c2ccccc21. The van der Waals surface area contributed by atoms with Crippen LogP contribution in [0, 0.1) is 0 Å². The normalized spacial score (nSPS) is 20.1. The molecule has 0 fully saturated rings. The zero-order chi connectivity index (χ0) is 16.8. The van der Waals surface area contributed by atoms with Crippen LogP contribution in [-0.2, 0) is 9.59 Å². The Morgan fingerprint density at radius 2 is 1.21 bits per heavy atom. The van der Waals surface area contributed by atoms with Crippen molar-refractivity contribution in [2.45, 2.75) is 38.5 Å². The van der Waals surface area contributed by atoms with Crippen LogP contribution in [0.2, 0.25) is 0 Å². The van der Waals surface area contributed by atoms with Crippen LogP contribution in [0.4, 0.5) is 0 Å². The average Bonchev–Trinajstić information content (AvgIpc) is 2.56. The van der Waals surface area contributed by atoms with Crippen molar-refractivity contribution in [3.8, 4) is 11.5 Å². The third-order valence-electron chi connectivity index (χ3n) is 4.90.